The molecule has 2 amide bonds. The second-order valence-corrected chi connectivity index (χ2v) is 4.29. The van der Waals surface area contributed by atoms with Crippen LogP contribution in [0, 0.1) is 0 Å². The van der Waals surface area contributed by atoms with E-state index < -0.39 is 12.0 Å². The third-order valence-corrected chi connectivity index (χ3v) is 2.78. The van der Waals surface area contributed by atoms with Crippen LogP contribution in [0.1, 0.15) is 16.1 Å². The first kappa shape index (κ1) is 14.0. The van der Waals surface area contributed by atoms with Crippen LogP contribution in [0.3, 0.4) is 0 Å². The number of carboxylic acids is 1. The maximum Gasteiger partial charge on any atom is 0.335 e. The van der Waals surface area contributed by atoms with Crippen LogP contribution in [0.15, 0.2) is 41.0 Å². The summed E-state index contributed by atoms with van der Waals surface area (Å²) >= 11 is 5.89. The van der Waals surface area contributed by atoms with Crippen molar-refractivity contribution in [1.82, 2.24) is 5.32 Å². The van der Waals surface area contributed by atoms with Crippen LogP contribution in [0.25, 0.3) is 0 Å². The van der Waals surface area contributed by atoms with Crippen LogP contribution in [0.2, 0.25) is 5.02 Å². The van der Waals surface area contributed by atoms with Gasteiger partial charge in [0.05, 0.1) is 29.1 Å². The first-order chi connectivity index (χ1) is 9.56. The molecule has 0 spiro atoms. The molecule has 0 fully saturated rings. The zero-order chi connectivity index (χ0) is 14.5. The van der Waals surface area contributed by atoms with Crippen molar-refractivity contribution in [3.05, 3.63) is 52.9 Å². The van der Waals surface area contributed by atoms with E-state index in [0.717, 1.165) is 0 Å². The Morgan fingerprint density at radius 3 is 2.70 bits per heavy atom. The van der Waals surface area contributed by atoms with Gasteiger partial charge in [-0.2, -0.15) is 0 Å². The molecule has 0 aliphatic heterocycles. The quantitative estimate of drug-likeness (QED) is 0.808. The second-order valence-electron chi connectivity index (χ2n) is 3.89. The van der Waals surface area contributed by atoms with Gasteiger partial charge in [0.15, 0.2) is 0 Å². The minimum atomic E-state index is -1.08. The molecule has 0 atom stereocenters. The van der Waals surface area contributed by atoms with Crippen LogP contribution < -0.4 is 10.6 Å². The molecule has 1 heterocycles. The molecule has 1 aromatic heterocycles. The summed E-state index contributed by atoms with van der Waals surface area (Å²) in [6.07, 6.45) is 1.51. The molecule has 0 unspecified atom stereocenters. The van der Waals surface area contributed by atoms with E-state index in [-0.39, 0.29) is 17.1 Å². The fourth-order valence-electron chi connectivity index (χ4n) is 1.50. The summed E-state index contributed by atoms with van der Waals surface area (Å²) < 4.78 is 5.07. The summed E-state index contributed by atoms with van der Waals surface area (Å²) in [4.78, 5) is 22.4. The third-order valence-electron chi connectivity index (χ3n) is 2.47. The minimum Gasteiger partial charge on any atom is -0.478 e. The van der Waals surface area contributed by atoms with Gasteiger partial charge in [-0.15, -0.1) is 0 Å². The number of carbonyl (C=O) groups excluding carboxylic acids is 1. The molecule has 0 saturated heterocycles. The molecule has 2 rings (SSSR count). The van der Waals surface area contributed by atoms with Crippen molar-refractivity contribution in [3.8, 4) is 0 Å². The average molecular weight is 295 g/mol. The Morgan fingerprint density at radius 2 is 2.10 bits per heavy atom. The highest BCUT2D eigenvalue weighted by molar-refractivity contribution is 6.34. The lowest BCUT2D eigenvalue weighted by atomic mass is 10.2. The number of hydrogen-bond donors (Lipinski definition) is 3. The van der Waals surface area contributed by atoms with Gasteiger partial charge < -0.3 is 20.2 Å². The van der Waals surface area contributed by atoms with Crippen LogP contribution in [0.5, 0.6) is 0 Å². The summed E-state index contributed by atoms with van der Waals surface area (Å²) in [6.45, 7) is 0.240. The Labute approximate surface area is 119 Å². The lowest BCUT2D eigenvalue weighted by molar-refractivity contribution is 0.0697. The van der Waals surface area contributed by atoms with Crippen molar-refractivity contribution >= 4 is 29.3 Å². The fourth-order valence-corrected chi connectivity index (χ4v) is 1.72. The number of anilines is 1. The van der Waals surface area contributed by atoms with Gasteiger partial charge >= 0.3 is 12.0 Å². The highest BCUT2D eigenvalue weighted by Gasteiger charge is 2.09. The SMILES string of the molecule is O=C(NCc1ccco1)Nc1ccc(C(=O)O)cc1Cl. The average Bonchev–Trinajstić information content (AvgIpc) is 2.91. The third kappa shape index (κ3) is 3.52. The van der Waals surface area contributed by atoms with Crippen LogP contribution in [-0.4, -0.2) is 17.1 Å². The van der Waals surface area contributed by atoms with E-state index in [1.807, 2.05) is 0 Å². The molecular weight excluding hydrogens is 284 g/mol. The number of benzene rings is 1. The molecule has 2 aromatic rings. The zero-order valence-electron chi connectivity index (χ0n) is 10.2. The van der Waals surface area contributed by atoms with Gasteiger partial charge in [-0.3, -0.25) is 0 Å². The van der Waals surface area contributed by atoms with E-state index in [4.69, 9.17) is 21.1 Å². The normalized spacial score (nSPS) is 10.1. The van der Waals surface area contributed by atoms with Gasteiger partial charge in [-0.05, 0) is 30.3 Å². The standard InChI is InChI=1S/C13H11ClN2O4/c14-10-6-8(12(17)18)3-4-11(10)16-13(19)15-7-9-2-1-5-20-9/h1-6H,7H2,(H,17,18)(H2,15,16,19). The van der Waals surface area contributed by atoms with E-state index in [2.05, 4.69) is 10.6 Å². The largest absolute Gasteiger partial charge is 0.478 e. The summed E-state index contributed by atoms with van der Waals surface area (Å²) in [5, 5.41) is 14.1. The number of hydrogen-bond acceptors (Lipinski definition) is 3. The second kappa shape index (κ2) is 6.12. The van der Waals surface area contributed by atoms with Crippen LogP contribution in [0.4, 0.5) is 10.5 Å². The molecule has 0 bridgehead atoms. The van der Waals surface area contributed by atoms with Gasteiger partial charge in [0, 0.05) is 0 Å². The molecule has 1 aromatic carbocycles. The van der Waals surface area contributed by atoms with E-state index in [9.17, 15) is 9.59 Å². The van der Waals surface area contributed by atoms with Crippen LogP contribution >= 0.6 is 11.6 Å². The summed E-state index contributed by atoms with van der Waals surface area (Å²) in [6, 6.07) is 7.04. The number of carboxylic acid groups (broad SMARTS) is 1. The smallest absolute Gasteiger partial charge is 0.335 e. The maximum absolute atomic E-state index is 11.6. The fraction of sp³-hybridized carbons (Fsp3) is 0.0769. The zero-order valence-corrected chi connectivity index (χ0v) is 11.0. The molecule has 0 saturated carbocycles. The number of aromatic carboxylic acids is 1. The number of urea groups is 1. The minimum absolute atomic E-state index is 0.0524. The summed E-state index contributed by atoms with van der Waals surface area (Å²) in [5.41, 5.74) is 0.380. The summed E-state index contributed by atoms with van der Waals surface area (Å²) in [5.74, 6) is -0.465. The topological polar surface area (TPSA) is 91.6 Å². The van der Waals surface area contributed by atoms with Crippen molar-refractivity contribution in [2.45, 2.75) is 6.54 Å². The number of nitrogens with one attached hydrogen (secondary N) is 2. The van der Waals surface area contributed by atoms with Crippen molar-refractivity contribution in [2.75, 3.05) is 5.32 Å². The number of carbonyl (C=O) groups is 2. The molecule has 0 aliphatic carbocycles. The molecular formula is C13H11ClN2O4. The van der Waals surface area contributed by atoms with E-state index in [0.29, 0.717) is 11.4 Å². The van der Waals surface area contributed by atoms with Gasteiger partial charge in [-0.25, -0.2) is 9.59 Å². The number of rotatable bonds is 4. The number of halogens is 1. The van der Waals surface area contributed by atoms with Gasteiger partial charge in [0.2, 0.25) is 0 Å². The van der Waals surface area contributed by atoms with E-state index in [1.54, 1.807) is 12.1 Å². The van der Waals surface area contributed by atoms with Gasteiger partial charge in [0.1, 0.15) is 5.76 Å². The Kier molecular flexibility index (Phi) is 4.27. The Hall–Kier alpha value is -2.47. The molecule has 7 heteroatoms. The lowest BCUT2D eigenvalue weighted by Crippen LogP contribution is -2.28. The molecule has 6 nitrogen and oxygen atoms in total. The van der Waals surface area contributed by atoms with E-state index in [1.165, 1.54) is 24.5 Å². The first-order valence-corrected chi connectivity index (χ1v) is 6.04. The molecule has 20 heavy (non-hydrogen) atoms. The van der Waals surface area contributed by atoms with Crippen molar-refractivity contribution in [3.63, 3.8) is 0 Å². The van der Waals surface area contributed by atoms with Crippen molar-refractivity contribution in [2.24, 2.45) is 0 Å². The number of amides is 2. The highest BCUT2D eigenvalue weighted by atomic mass is 35.5. The van der Waals surface area contributed by atoms with Crippen molar-refractivity contribution < 1.29 is 19.1 Å². The monoisotopic (exact) mass is 294 g/mol. The predicted molar refractivity (Wildman–Crippen MR) is 73.0 cm³/mol. The molecule has 104 valence electrons. The van der Waals surface area contributed by atoms with E-state index >= 15 is 0 Å². The van der Waals surface area contributed by atoms with Gasteiger partial charge in [-0.1, -0.05) is 11.6 Å². The Morgan fingerprint density at radius 1 is 1.30 bits per heavy atom. The lowest BCUT2D eigenvalue weighted by Gasteiger charge is -2.08. The predicted octanol–water partition coefficient (Wildman–Crippen LogP) is 2.95. The molecule has 3 N–H and O–H groups in total. The molecule has 0 aliphatic rings. The van der Waals surface area contributed by atoms with Crippen LogP contribution in [-0.2, 0) is 6.54 Å². The first-order valence-electron chi connectivity index (χ1n) is 5.66. The summed E-state index contributed by atoms with van der Waals surface area (Å²) in [7, 11) is 0. The Balaban J connectivity index is 1.95. The number of furan rings is 1. The molecule has 0 radical (unpaired) electrons. The maximum atomic E-state index is 11.6. The Bertz CT molecular complexity index is 625. The van der Waals surface area contributed by atoms with Gasteiger partial charge in [0.25, 0.3) is 0 Å². The highest BCUT2D eigenvalue weighted by Crippen LogP contribution is 2.23. The van der Waals surface area contributed by atoms with Crippen molar-refractivity contribution in [1.29, 1.82) is 0 Å².